The number of ether oxygens (including phenoxy) is 3. The lowest BCUT2D eigenvalue weighted by atomic mass is 10.2. The van der Waals surface area contributed by atoms with Gasteiger partial charge in [0.1, 0.15) is 5.75 Å². The molecule has 10 nitrogen and oxygen atoms in total. The van der Waals surface area contributed by atoms with Crippen molar-refractivity contribution in [3.8, 4) is 17.2 Å². The first-order chi connectivity index (χ1) is 13.9. The van der Waals surface area contributed by atoms with Crippen molar-refractivity contribution in [1.29, 1.82) is 0 Å². The summed E-state index contributed by atoms with van der Waals surface area (Å²) in [6.45, 7) is -0.289. The van der Waals surface area contributed by atoms with E-state index < -0.39 is 17.7 Å². The van der Waals surface area contributed by atoms with Crippen molar-refractivity contribution < 1.29 is 28.6 Å². The Morgan fingerprint density at radius 3 is 2.52 bits per heavy atom. The van der Waals surface area contributed by atoms with Crippen molar-refractivity contribution in [3.63, 3.8) is 0 Å². The van der Waals surface area contributed by atoms with Crippen LogP contribution in [0.5, 0.6) is 17.2 Å². The molecule has 2 aromatic carbocycles. The molecular formula is C19H20N4O6. The summed E-state index contributed by atoms with van der Waals surface area (Å²) >= 11 is 0. The van der Waals surface area contributed by atoms with Gasteiger partial charge in [-0.25, -0.2) is 5.43 Å². The van der Waals surface area contributed by atoms with E-state index in [1.165, 1.54) is 20.4 Å². The van der Waals surface area contributed by atoms with Crippen LogP contribution in [0.1, 0.15) is 5.56 Å². The molecule has 2 aromatic rings. The van der Waals surface area contributed by atoms with E-state index in [4.69, 9.17) is 19.9 Å². The van der Waals surface area contributed by atoms with Gasteiger partial charge in [-0.2, -0.15) is 5.10 Å². The van der Waals surface area contributed by atoms with Gasteiger partial charge in [0.15, 0.2) is 18.1 Å². The maximum atomic E-state index is 11.9. The van der Waals surface area contributed by atoms with E-state index >= 15 is 0 Å². The molecule has 0 atom stereocenters. The van der Waals surface area contributed by atoms with Crippen LogP contribution in [0.15, 0.2) is 47.6 Å². The molecule has 10 heteroatoms. The second-order valence-electron chi connectivity index (χ2n) is 5.55. The zero-order valence-electron chi connectivity index (χ0n) is 15.8. The van der Waals surface area contributed by atoms with Gasteiger partial charge in [0.05, 0.1) is 20.4 Å². The average molecular weight is 400 g/mol. The van der Waals surface area contributed by atoms with E-state index in [2.05, 4.69) is 15.8 Å². The SMILES string of the molecule is COc1cccc(NC(=O)C(=O)N/N=C\c2ccc(OCC(N)=O)c(OC)c2)c1. The number of hydrazone groups is 1. The molecular weight excluding hydrogens is 380 g/mol. The topological polar surface area (TPSA) is 141 Å². The number of carbonyl (C=O) groups is 3. The highest BCUT2D eigenvalue weighted by Crippen LogP contribution is 2.27. The molecule has 0 radical (unpaired) electrons. The van der Waals surface area contributed by atoms with Gasteiger partial charge >= 0.3 is 11.8 Å². The minimum absolute atomic E-state index is 0.289. The predicted octanol–water partition coefficient (Wildman–Crippen LogP) is 0.657. The fourth-order valence-electron chi connectivity index (χ4n) is 2.14. The Balaban J connectivity index is 1.94. The number of amides is 3. The van der Waals surface area contributed by atoms with Gasteiger partial charge < -0.3 is 25.3 Å². The molecule has 0 saturated heterocycles. The first-order valence-electron chi connectivity index (χ1n) is 8.30. The Bertz CT molecular complexity index is 929. The summed E-state index contributed by atoms with van der Waals surface area (Å²) in [4.78, 5) is 34.6. The summed E-state index contributed by atoms with van der Waals surface area (Å²) < 4.78 is 15.4. The van der Waals surface area contributed by atoms with Crippen LogP contribution in [0.2, 0.25) is 0 Å². The monoisotopic (exact) mass is 400 g/mol. The van der Waals surface area contributed by atoms with E-state index in [1.807, 2.05) is 0 Å². The summed E-state index contributed by atoms with van der Waals surface area (Å²) in [5, 5.41) is 6.17. The van der Waals surface area contributed by atoms with Crippen LogP contribution < -0.4 is 30.7 Å². The second-order valence-corrected chi connectivity index (χ2v) is 5.55. The normalized spacial score (nSPS) is 10.3. The number of nitrogens with one attached hydrogen (secondary N) is 2. The van der Waals surface area contributed by atoms with Crippen molar-refractivity contribution in [1.82, 2.24) is 5.43 Å². The summed E-state index contributed by atoms with van der Waals surface area (Å²) in [6.07, 6.45) is 1.32. The summed E-state index contributed by atoms with van der Waals surface area (Å²) in [6, 6.07) is 11.3. The largest absolute Gasteiger partial charge is 0.497 e. The van der Waals surface area contributed by atoms with Crippen LogP contribution in [0.3, 0.4) is 0 Å². The molecule has 0 aliphatic carbocycles. The van der Waals surface area contributed by atoms with Gasteiger partial charge in [0, 0.05) is 11.8 Å². The van der Waals surface area contributed by atoms with Crippen LogP contribution in [0.4, 0.5) is 5.69 Å². The molecule has 0 aromatic heterocycles. The Hall–Kier alpha value is -4.08. The number of anilines is 1. The van der Waals surface area contributed by atoms with Gasteiger partial charge in [-0.15, -0.1) is 0 Å². The number of nitrogens with two attached hydrogens (primary N) is 1. The minimum Gasteiger partial charge on any atom is -0.497 e. The molecule has 0 heterocycles. The lowest BCUT2D eigenvalue weighted by Gasteiger charge is -2.09. The maximum absolute atomic E-state index is 11.9. The lowest BCUT2D eigenvalue weighted by Crippen LogP contribution is -2.32. The third kappa shape index (κ3) is 6.54. The van der Waals surface area contributed by atoms with Gasteiger partial charge in [-0.3, -0.25) is 14.4 Å². The number of carbonyl (C=O) groups excluding carboxylic acids is 3. The van der Waals surface area contributed by atoms with Crippen LogP contribution in [-0.2, 0) is 14.4 Å². The fourth-order valence-corrected chi connectivity index (χ4v) is 2.14. The van der Waals surface area contributed by atoms with Crippen LogP contribution in [0.25, 0.3) is 0 Å². The standard InChI is InChI=1S/C19H20N4O6/c1-27-14-5-3-4-13(9-14)22-18(25)19(26)23-21-10-12-6-7-15(16(8-12)28-2)29-11-17(20)24/h3-10H,11H2,1-2H3,(H2,20,24)(H,22,25)(H,23,26)/b21-10-. The Kier molecular flexibility index (Phi) is 7.54. The molecule has 0 saturated carbocycles. The molecule has 152 valence electrons. The highest BCUT2D eigenvalue weighted by molar-refractivity contribution is 6.39. The molecule has 3 amide bonds. The number of methoxy groups -OCH3 is 2. The van der Waals surface area contributed by atoms with Crippen LogP contribution in [0, 0.1) is 0 Å². The van der Waals surface area contributed by atoms with E-state index in [9.17, 15) is 14.4 Å². The molecule has 4 N–H and O–H groups in total. The highest BCUT2D eigenvalue weighted by Gasteiger charge is 2.13. The summed E-state index contributed by atoms with van der Waals surface area (Å²) in [7, 11) is 2.92. The van der Waals surface area contributed by atoms with Gasteiger partial charge in [-0.1, -0.05) is 6.07 Å². The zero-order chi connectivity index (χ0) is 21.2. The number of benzene rings is 2. The maximum Gasteiger partial charge on any atom is 0.329 e. The van der Waals surface area contributed by atoms with E-state index in [0.29, 0.717) is 28.5 Å². The minimum atomic E-state index is -0.947. The fraction of sp³-hybridized carbons (Fsp3) is 0.158. The number of hydrogen-bond donors (Lipinski definition) is 3. The predicted molar refractivity (Wildman–Crippen MR) is 105 cm³/mol. The average Bonchev–Trinajstić information content (AvgIpc) is 2.72. The zero-order valence-corrected chi connectivity index (χ0v) is 15.8. The van der Waals surface area contributed by atoms with Crippen molar-refractivity contribution in [2.45, 2.75) is 0 Å². The second kappa shape index (κ2) is 10.3. The molecule has 2 rings (SSSR count). The van der Waals surface area contributed by atoms with Crippen molar-refractivity contribution >= 4 is 29.6 Å². The third-order valence-electron chi connectivity index (χ3n) is 3.47. The quantitative estimate of drug-likeness (QED) is 0.338. The van der Waals surface area contributed by atoms with Crippen molar-refractivity contribution in [2.24, 2.45) is 10.8 Å². The van der Waals surface area contributed by atoms with Gasteiger partial charge in [0.2, 0.25) is 0 Å². The van der Waals surface area contributed by atoms with Crippen LogP contribution in [-0.4, -0.2) is 44.8 Å². The van der Waals surface area contributed by atoms with Gasteiger partial charge in [0.25, 0.3) is 5.91 Å². The van der Waals surface area contributed by atoms with Crippen molar-refractivity contribution in [2.75, 3.05) is 26.1 Å². The first kappa shape index (κ1) is 21.2. The third-order valence-corrected chi connectivity index (χ3v) is 3.47. The molecule has 0 aliphatic heterocycles. The van der Waals surface area contributed by atoms with E-state index in [-0.39, 0.29) is 6.61 Å². The number of hydrogen-bond acceptors (Lipinski definition) is 7. The van der Waals surface area contributed by atoms with E-state index in [1.54, 1.807) is 42.5 Å². The van der Waals surface area contributed by atoms with Crippen LogP contribution >= 0.6 is 0 Å². The van der Waals surface area contributed by atoms with E-state index in [0.717, 1.165) is 0 Å². The lowest BCUT2D eigenvalue weighted by molar-refractivity contribution is -0.136. The molecule has 0 aliphatic rings. The molecule has 0 unspecified atom stereocenters. The molecule has 0 fully saturated rings. The Morgan fingerprint density at radius 2 is 1.83 bits per heavy atom. The number of primary amides is 1. The number of rotatable bonds is 8. The summed E-state index contributed by atoms with van der Waals surface area (Å²) in [5.41, 5.74) is 8.13. The van der Waals surface area contributed by atoms with Gasteiger partial charge in [-0.05, 0) is 35.9 Å². The number of nitrogens with zero attached hydrogens (tertiary/aromatic N) is 1. The Morgan fingerprint density at radius 1 is 1.03 bits per heavy atom. The smallest absolute Gasteiger partial charge is 0.329 e. The van der Waals surface area contributed by atoms with Crippen molar-refractivity contribution in [3.05, 3.63) is 48.0 Å². The highest BCUT2D eigenvalue weighted by atomic mass is 16.5. The first-order valence-corrected chi connectivity index (χ1v) is 8.30. The molecule has 29 heavy (non-hydrogen) atoms. The Labute approximate surface area is 166 Å². The molecule has 0 bridgehead atoms. The molecule has 0 spiro atoms. The summed E-state index contributed by atoms with van der Waals surface area (Å²) in [5.74, 6) is -1.24.